The Morgan fingerprint density at radius 3 is 2.81 bits per heavy atom. The number of anilines is 1. The van der Waals surface area contributed by atoms with Crippen molar-refractivity contribution in [3.8, 4) is 11.5 Å². The van der Waals surface area contributed by atoms with E-state index in [2.05, 4.69) is 4.98 Å². The maximum Gasteiger partial charge on any atom is 0.147 e. The first-order valence-electron chi connectivity index (χ1n) is 4.86. The fourth-order valence-electron chi connectivity index (χ4n) is 1.33. The first-order valence-corrected chi connectivity index (χ1v) is 4.86. The van der Waals surface area contributed by atoms with Crippen LogP contribution in [-0.4, -0.2) is 10.1 Å². The van der Waals surface area contributed by atoms with Gasteiger partial charge < -0.3 is 15.6 Å². The van der Waals surface area contributed by atoms with Gasteiger partial charge in [-0.1, -0.05) is 12.1 Å². The van der Waals surface area contributed by atoms with Gasteiger partial charge in [0.2, 0.25) is 0 Å². The molecular formula is C12H12N2O2. The number of aromatic nitrogens is 1. The lowest BCUT2D eigenvalue weighted by Crippen LogP contribution is -1.90. The molecular weight excluding hydrogens is 204 g/mol. The summed E-state index contributed by atoms with van der Waals surface area (Å²) in [6.07, 6.45) is 3.14. The van der Waals surface area contributed by atoms with Crippen LogP contribution in [0.5, 0.6) is 11.5 Å². The van der Waals surface area contributed by atoms with Gasteiger partial charge in [-0.25, -0.2) is 0 Å². The van der Waals surface area contributed by atoms with E-state index in [1.54, 1.807) is 24.5 Å². The normalized spacial score (nSPS) is 10.1. The second-order valence-electron chi connectivity index (χ2n) is 3.36. The highest BCUT2D eigenvalue weighted by molar-refractivity contribution is 5.42. The molecule has 2 rings (SSSR count). The number of ether oxygens (including phenoxy) is 1. The van der Waals surface area contributed by atoms with E-state index in [0.29, 0.717) is 17.2 Å². The second-order valence-corrected chi connectivity index (χ2v) is 3.36. The molecule has 0 spiro atoms. The number of rotatable bonds is 3. The van der Waals surface area contributed by atoms with Gasteiger partial charge in [-0.15, -0.1) is 0 Å². The predicted octanol–water partition coefficient (Wildman–Crippen LogP) is 1.95. The van der Waals surface area contributed by atoms with Crippen molar-refractivity contribution in [3.63, 3.8) is 0 Å². The number of nitrogens with zero attached hydrogens (tertiary/aromatic N) is 1. The Bertz CT molecular complexity index is 486. The minimum atomic E-state index is -0.00756. The summed E-state index contributed by atoms with van der Waals surface area (Å²) in [6, 6.07) is 8.91. The van der Waals surface area contributed by atoms with Crippen LogP contribution in [0.15, 0.2) is 42.7 Å². The van der Waals surface area contributed by atoms with Crippen LogP contribution < -0.4 is 10.5 Å². The van der Waals surface area contributed by atoms with Crippen molar-refractivity contribution < 1.29 is 9.84 Å². The molecule has 0 bridgehead atoms. The molecule has 1 aromatic heterocycles. The van der Waals surface area contributed by atoms with E-state index >= 15 is 0 Å². The number of pyridine rings is 1. The lowest BCUT2D eigenvalue weighted by Gasteiger charge is -2.06. The predicted molar refractivity (Wildman–Crippen MR) is 61.1 cm³/mol. The molecule has 0 radical (unpaired) electrons. The molecule has 0 saturated carbocycles. The number of nitrogens with two attached hydrogens (primary N) is 1. The van der Waals surface area contributed by atoms with Crippen LogP contribution in [-0.2, 0) is 6.61 Å². The molecule has 16 heavy (non-hydrogen) atoms. The zero-order valence-electron chi connectivity index (χ0n) is 8.63. The fraction of sp³-hybridized carbons (Fsp3) is 0.0833. The molecule has 0 saturated heterocycles. The van der Waals surface area contributed by atoms with Crippen molar-refractivity contribution in [2.75, 3.05) is 5.73 Å². The maximum absolute atomic E-state index is 8.98. The van der Waals surface area contributed by atoms with Gasteiger partial charge in [0.05, 0.1) is 24.7 Å². The van der Waals surface area contributed by atoms with Gasteiger partial charge in [-0.05, 0) is 17.7 Å². The number of nitrogen functional groups attached to an aromatic ring is 1. The van der Waals surface area contributed by atoms with Gasteiger partial charge in [0.25, 0.3) is 0 Å². The van der Waals surface area contributed by atoms with Crippen molar-refractivity contribution in [2.45, 2.75) is 6.61 Å². The third-order valence-electron chi connectivity index (χ3n) is 2.05. The molecule has 1 heterocycles. The molecule has 0 unspecified atom stereocenters. The van der Waals surface area contributed by atoms with Gasteiger partial charge in [0.1, 0.15) is 11.5 Å². The van der Waals surface area contributed by atoms with Crippen LogP contribution in [0.4, 0.5) is 5.69 Å². The monoisotopic (exact) mass is 216 g/mol. The highest BCUT2D eigenvalue weighted by Gasteiger charge is 1.99. The minimum Gasteiger partial charge on any atom is -0.456 e. The van der Waals surface area contributed by atoms with E-state index in [1.807, 2.05) is 18.2 Å². The molecule has 4 nitrogen and oxygen atoms in total. The molecule has 1 aromatic carbocycles. The zero-order chi connectivity index (χ0) is 11.4. The summed E-state index contributed by atoms with van der Waals surface area (Å²) in [4.78, 5) is 3.92. The first-order chi connectivity index (χ1) is 7.78. The minimum absolute atomic E-state index is 0.00756. The Labute approximate surface area is 93.3 Å². The van der Waals surface area contributed by atoms with Gasteiger partial charge >= 0.3 is 0 Å². The molecule has 2 aromatic rings. The molecule has 3 N–H and O–H groups in total. The average molecular weight is 216 g/mol. The van der Waals surface area contributed by atoms with Crippen molar-refractivity contribution in [1.82, 2.24) is 4.98 Å². The standard InChI is InChI=1S/C12H12N2O2/c13-10-5-12(7-14-6-10)16-11-3-1-2-9(4-11)8-15/h1-7,15H,8,13H2. The number of hydrogen-bond donors (Lipinski definition) is 2. The van der Waals surface area contributed by atoms with E-state index in [1.165, 1.54) is 0 Å². The molecule has 0 atom stereocenters. The molecule has 0 aliphatic carbocycles. The van der Waals surface area contributed by atoms with Crippen molar-refractivity contribution in [1.29, 1.82) is 0 Å². The van der Waals surface area contributed by atoms with Gasteiger partial charge in [0.15, 0.2) is 0 Å². The Morgan fingerprint density at radius 1 is 1.19 bits per heavy atom. The Kier molecular flexibility index (Phi) is 3.03. The number of hydrogen-bond acceptors (Lipinski definition) is 4. The molecule has 0 amide bonds. The van der Waals surface area contributed by atoms with Crippen LogP contribution in [0.3, 0.4) is 0 Å². The van der Waals surface area contributed by atoms with Crippen molar-refractivity contribution in [2.24, 2.45) is 0 Å². The summed E-state index contributed by atoms with van der Waals surface area (Å²) in [5, 5.41) is 8.98. The van der Waals surface area contributed by atoms with Crippen LogP contribution in [0, 0.1) is 0 Å². The van der Waals surface area contributed by atoms with E-state index in [0.717, 1.165) is 5.56 Å². The third kappa shape index (κ3) is 2.49. The van der Waals surface area contributed by atoms with Gasteiger partial charge in [-0.2, -0.15) is 0 Å². The largest absolute Gasteiger partial charge is 0.456 e. The van der Waals surface area contributed by atoms with E-state index in [9.17, 15) is 0 Å². The number of aliphatic hydroxyl groups is 1. The van der Waals surface area contributed by atoms with E-state index < -0.39 is 0 Å². The van der Waals surface area contributed by atoms with Crippen LogP contribution >= 0.6 is 0 Å². The first kappa shape index (κ1) is 10.4. The van der Waals surface area contributed by atoms with Crippen LogP contribution in [0.1, 0.15) is 5.56 Å². The Balaban J connectivity index is 2.20. The summed E-state index contributed by atoms with van der Waals surface area (Å²) < 4.78 is 5.55. The second kappa shape index (κ2) is 4.63. The van der Waals surface area contributed by atoms with Gasteiger partial charge in [0, 0.05) is 6.07 Å². The highest BCUT2D eigenvalue weighted by Crippen LogP contribution is 2.22. The summed E-state index contributed by atoms with van der Waals surface area (Å²) >= 11 is 0. The number of aliphatic hydroxyl groups excluding tert-OH is 1. The van der Waals surface area contributed by atoms with Crippen LogP contribution in [0.25, 0.3) is 0 Å². The van der Waals surface area contributed by atoms with Crippen molar-refractivity contribution >= 4 is 5.69 Å². The highest BCUT2D eigenvalue weighted by atomic mass is 16.5. The zero-order valence-corrected chi connectivity index (χ0v) is 8.63. The number of benzene rings is 1. The Morgan fingerprint density at radius 2 is 2.06 bits per heavy atom. The molecule has 4 heteroatoms. The quantitative estimate of drug-likeness (QED) is 0.822. The molecule has 82 valence electrons. The fourth-order valence-corrected chi connectivity index (χ4v) is 1.33. The molecule has 0 fully saturated rings. The van der Waals surface area contributed by atoms with Gasteiger partial charge in [-0.3, -0.25) is 4.98 Å². The summed E-state index contributed by atoms with van der Waals surface area (Å²) in [7, 11) is 0. The topological polar surface area (TPSA) is 68.4 Å². The third-order valence-corrected chi connectivity index (χ3v) is 2.05. The maximum atomic E-state index is 8.98. The summed E-state index contributed by atoms with van der Waals surface area (Å²) in [5.74, 6) is 1.23. The summed E-state index contributed by atoms with van der Waals surface area (Å²) in [5.41, 5.74) is 6.94. The average Bonchev–Trinajstić information content (AvgIpc) is 2.29. The SMILES string of the molecule is Nc1cncc(Oc2cccc(CO)c2)c1. The molecule has 0 aliphatic rings. The summed E-state index contributed by atoms with van der Waals surface area (Å²) in [6.45, 7) is -0.00756. The van der Waals surface area contributed by atoms with E-state index in [-0.39, 0.29) is 6.61 Å². The molecule has 0 aliphatic heterocycles. The van der Waals surface area contributed by atoms with Crippen molar-refractivity contribution in [3.05, 3.63) is 48.3 Å². The lowest BCUT2D eigenvalue weighted by molar-refractivity contribution is 0.281. The van der Waals surface area contributed by atoms with Crippen LogP contribution in [0.2, 0.25) is 0 Å². The Hall–Kier alpha value is -2.07. The lowest BCUT2D eigenvalue weighted by atomic mass is 10.2. The smallest absolute Gasteiger partial charge is 0.147 e. The van der Waals surface area contributed by atoms with E-state index in [4.69, 9.17) is 15.6 Å².